The molecule has 0 bridgehead atoms. The minimum atomic E-state index is 0.164. The van der Waals surface area contributed by atoms with E-state index in [4.69, 9.17) is 5.73 Å². The van der Waals surface area contributed by atoms with E-state index in [0.717, 1.165) is 6.42 Å². The van der Waals surface area contributed by atoms with Crippen LogP contribution in [0.5, 0.6) is 0 Å². The average Bonchev–Trinajstić information content (AvgIpc) is 2.38. The Morgan fingerprint density at radius 1 is 0.882 bits per heavy atom. The Balaban J connectivity index is 2.20. The molecule has 2 atom stereocenters. The first kappa shape index (κ1) is 11.9. The van der Waals surface area contributed by atoms with Crippen molar-refractivity contribution in [2.24, 2.45) is 5.73 Å². The summed E-state index contributed by atoms with van der Waals surface area (Å²) in [5.41, 5.74) is 8.79. The first-order chi connectivity index (χ1) is 8.27. The summed E-state index contributed by atoms with van der Waals surface area (Å²) in [6.45, 7) is 2.08. The Kier molecular flexibility index (Phi) is 3.94. The van der Waals surface area contributed by atoms with E-state index < -0.39 is 0 Å². The zero-order chi connectivity index (χ0) is 12.1. The smallest absolute Gasteiger partial charge is 0.00825 e. The largest absolute Gasteiger partial charge is 0.327 e. The van der Waals surface area contributed by atoms with Gasteiger partial charge in [0, 0.05) is 12.0 Å². The third kappa shape index (κ3) is 3.18. The minimum absolute atomic E-state index is 0.164. The van der Waals surface area contributed by atoms with Crippen LogP contribution in [0.15, 0.2) is 60.7 Å². The highest BCUT2D eigenvalue weighted by Gasteiger charge is 2.16. The molecule has 2 rings (SSSR count). The average molecular weight is 225 g/mol. The Bertz CT molecular complexity index is 434. The van der Waals surface area contributed by atoms with E-state index in [9.17, 15) is 0 Å². The third-order valence-electron chi connectivity index (χ3n) is 3.16. The summed E-state index contributed by atoms with van der Waals surface area (Å²) >= 11 is 0. The first-order valence-electron chi connectivity index (χ1n) is 6.12. The summed E-state index contributed by atoms with van der Waals surface area (Å²) in [5.74, 6) is 0.388. The van der Waals surface area contributed by atoms with Gasteiger partial charge in [0.1, 0.15) is 0 Å². The van der Waals surface area contributed by atoms with E-state index >= 15 is 0 Å². The van der Waals surface area contributed by atoms with Crippen molar-refractivity contribution in [3.05, 3.63) is 71.8 Å². The molecule has 2 aromatic carbocycles. The Morgan fingerprint density at radius 2 is 1.41 bits per heavy atom. The summed E-state index contributed by atoms with van der Waals surface area (Å²) in [6.07, 6.45) is 1.00. The zero-order valence-corrected chi connectivity index (χ0v) is 10.2. The highest BCUT2D eigenvalue weighted by molar-refractivity contribution is 5.25. The molecule has 0 unspecified atom stereocenters. The van der Waals surface area contributed by atoms with Crippen molar-refractivity contribution in [1.82, 2.24) is 0 Å². The van der Waals surface area contributed by atoms with Gasteiger partial charge in [0.2, 0.25) is 0 Å². The predicted molar refractivity (Wildman–Crippen MR) is 73.0 cm³/mol. The van der Waals surface area contributed by atoms with E-state index in [-0.39, 0.29) is 6.04 Å². The van der Waals surface area contributed by atoms with Crippen molar-refractivity contribution in [2.45, 2.75) is 25.3 Å². The van der Waals surface area contributed by atoms with Crippen LogP contribution >= 0.6 is 0 Å². The van der Waals surface area contributed by atoms with Crippen LogP contribution in [-0.2, 0) is 6.42 Å². The maximum atomic E-state index is 6.12. The van der Waals surface area contributed by atoms with Gasteiger partial charge < -0.3 is 5.73 Å². The van der Waals surface area contributed by atoms with Crippen LogP contribution in [0.25, 0.3) is 0 Å². The van der Waals surface area contributed by atoms with Crippen molar-refractivity contribution in [2.75, 3.05) is 0 Å². The lowest BCUT2D eigenvalue weighted by molar-refractivity contribution is 0.565. The molecule has 2 aromatic rings. The van der Waals surface area contributed by atoms with E-state index in [0.29, 0.717) is 5.92 Å². The van der Waals surface area contributed by atoms with Crippen LogP contribution in [-0.4, -0.2) is 6.04 Å². The first-order valence-corrected chi connectivity index (χ1v) is 6.12. The Morgan fingerprint density at radius 3 is 1.94 bits per heavy atom. The molecular weight excluding hydrogens is 206 g/mol. The maximum Gasteiger partial charge on any atom is 0.00825 e. The number of nitrogens with two attached hydrogens (primary N) is 1. The van der Waals surface area contributed by atoms with Gasteiger partial charge in [-0.1, -0.05) is 60.7 Å². The van der Waals surface area contributed by atoms with Crippen molar-refractivity contribution >= 4 is 0 Å². The molecule has 0 heterocycles. The molecule has 0 saturated heterocycles. The number of hydrogen-bond acceptors (Lipinski definition) is 1. The van der Waals surface area contributed by atoms with E-state index in [1.54, 1.807) is 0 Å². The molecule has 0 amide bonds. The lowest BCUT2D eigenvalue weighted by Gasteiger charge is -2.21. The summed E-state index contributed by atoms with van der Waals surface area (Å²) in [6, 6.07) is 21.2. The fraction of sp³-hybridized carbons (Fsp3) is 0.250. The number of rotatable bonds is 4. The molecular formula is C16H19N. The van der Waals surface area contributed by atoms with Gasteiger partial charge >= 0.3 is 0 Å². The molecule has 88 valence electrons. The minimum Gasteiger partial charge on any atom is -0.327 e. The highest BCUT2D eigenvalue weighted by Crippen LogP contribution is 2.23. The molecule has 0 radical (unpaired) electrons. The normalized spacial score (nSPS) is 14.2. The van der Waals surface area contributed by atoms with Gasteiger partial charge in [-0.15, -0.1) is 0 Å². The van der Waals surface area contributed by atoms with E-state index in [2.05, 4.69) is 55.5 Å². The third-order valence-corrected chi connectivity index (χ3v) is 3.16. The molecule has 0 aliphatic carbocycles. The van der Waals surface area contributed by atoms with Gasteiger partial charge in [-0.25, -0.2) is 0 Å². The lowest BCUT2D eigenvalue weighted by atomic mass is 9.87. The van der Waals surface area contributed by atoms with Gasteiger partial charge in [0.15, 0.2) is 0 Å². The van der Waals surface area contributed by atoms with Gasteiger partial charge in [-0.05, 0) is 24.5 Å². The molecule has 0 saturated carbocycles. The monoisotopic (exact) mass is 225 g/mol. The molecule has 0 aromatic heterocycles. The molecule has 1 nitrogen and oxygen atoms in total. The second-order valence-corrected chi connectivity index (χ2v) is 4.57. The van der Waals surface area contributed by atoms with Crippen LogP contribution in [0, 0.1) is 0 Å². The van der Waals surface area contributed by atoms with Crippen molar-refractivity contribution in [3.63, 3.8) is 0 Å². The van der Waals surface area contributed by atoms with Crippen molar-refractivity contribution in [3.8, 4) is 0 Å². The Hall–Kier alpha value is -1.60. The van der Waals surface area contributed by atoms with E-state index in [1.165, 1.54) is 11.1 Å². The number of benzene rings is 2. The fourth-order valence-corrected chi connectivity index (χ4v) is 2.18. The van der Waals surface area contributed by atoms with E-state index in [1.807, 2.05) is 12.1 Å². The second-order valence-electron chi connectivity index (χ2n) is 4.57. The maximum absolute atomic E-state index is 6.12. The standard InChI is InChI=1S/C16H19N/c1-13(17)16(15-10-6-3-7-11-15)12-14-8-4-2-5-9-14/h2-11,13,16H,12,17H2,1H3/t13-,16+/m0/s1. The second kappa shape index (κ2) is 5.65. The topological polar surface area (TPSA) is 26.0 Å². The van der Waals surface area contributed by atoms with Crippen molar-refractivity contribution in [1.29, 1.82) is 0 Å². The quantitative estimate of drug-likeness (QED) is 0.848. The summed E-state index contributed by atoms with van der Waals surface area (Å²) in [7, 11) is 0. The molecule has 0 spiro atoms. The summed E-state index contributed by atoms with van der Waals surface area (Å²) < 4.78 is 0. The summed E-state index contributed by atoms with van der Waals surface area (Å²) in [5, 5.41) is 0. The Labute approximate surface area is 103 Å². The predicted octanol–water partition coefficient (Wildman–Crippen LogP) is 3.36. The summed E-state index contributed by atoms with van der Waals surface area (Å²) in [4.78, 5) is 0. The van der Waals surface area contributed by atoms with Crippen LogP contribution in [0.2, 0.25) is 0 Å². The number of hydrogen-bond donors (Lipinski definition) is 1. The van der Waals surface area contributed by atoms with Crippen molar-refractivity contribution < 1.29 is 0 Å². The van der Waals surface area contributed by atoms with Gasteiger partial charge in [-0.3, -0.25) is 0 Å². The SMILES string of the molecule is C[C@H](N)[C@@H](Cc1ccccc1)c1ccccc1. The van der Waals surface area contributed by atoms with Crippen LogP contribution in [0.1, 0.15) is 24.0 Å². The van der Waals surface area contributed by atoms with Gasteiger partial charge in [0.05, 0.1) is 0 Å². The van der Waals surface area contributed by atoms with Crippen LogP contribution in [0.4, 0.5) is 0 Å². The molecule has 0 aliphatic heterocycles. The molecule has 17 heavy (non-hydrogen) atoms. The van der Waals surface area contributed by atoms with Gasteiger partial charge in [0.25, 0.3) is 0 Å². The van der Waals surface area contributed by atoms with Gasteiger partial charge in [-0.2, -0.15) is 0 Å². The molecule has 0 aliphatic rings. The highest BCUT2D eigenvalue weighted by atomic mass is 14.6. The molecule has 1 heteroatoms. The molecule has 0 fully saturated rings. The molecule has 2 N–H and O–H groups in total. The van der Waals surface area contributed by atoms with Crippen LogP contribution < -0.4 is 5.73 Å². The fourth-order valence-electron chi connectivity index (χ4n) is 2.18. The van der Waals surface area contributed by atoms with Crippen LogP contribution in [0.3, 0.4) is 0 Å². The lowest BCUT2D eigenvalue weighted by Crippen LogP contribution is -2.26. The zero-order valence-electron chi connectivity index (χ0n) is 10.2.